The van der Waals surface area contributed by atoms with Crippen LogP contribution in [0.4, 0.5) is 8.78 Å². The minimum Gasteiger partial charge on any atom is -0.481 e. The van der Waals surface area contributed by atoms with Gasteiger partial charge in [0.2, 0.25) is 5.88 Å². The molecule has 0 aliphatic heterocycles. The molecule has 0 atom stereocenters. The molecule has 0 bridgehead atoms. The van der Waals surface area contributed by atoms with Gasteiger partial charge in [0.15, 0.2) is 0 Å². The maximum Gasteiger partial charge on any atom is 0.338 e. The third kappa shape index (κ3) is 2.89. The number of alkyl halides is 2. The molecule has 1 heterocycles. The molecule has 0 fully saturated rings. The number of methoxy groups -OCH3 is 1. The summed E-state index contributed by atoms with van der Waals surface area (Å²) in [7, 11) is 1.29. The van der Waals surface area contributed by atoms with Crippen LogP contribution in [-0.4, -0.2) is 24.7 Å². The molecule has 0 unspecified atom stereocenters. The van der Waals surface area contributed by atoms with Crippen LogP contribution in [0.1, 0.15) is 35.0 Å². The van der Waals surface area contributed by atoms with Crippen molar-refractivity contribution in [3.63, 3.8) is 0 Å². The minimum atomic E-state index is -2.77. The lowest BCUT2D eigenvalue weighted by molar-refractivity contribution is 0.0524. The fourth-order valence-electron chi connectivity index (χ4n) is 1.34. The van der Waals surface area contributed by atoms with E-state index >= 15 is 0 Å². The van der Waals surface area contributed by atoms with Crippen molar-refractivity contribution in [1.29, 1.82) is 0 Å². The molecule has 4 nitrogen and oxygen atoms in total. The second-order valence-electron chi connectivity index (χ2n) is 3.24. The monoisotopic (exact) mass is 245 g/mol. The summed E-state index contributed by atoms with van der Waals surface area (Å²) in [6.45, 7) is 3.22. The van der Waals surface area contributed by atoms with Crippen molar-refractivity contribution in [2.24, 2.45) is 0 Å². The van der Waals surface area contributed by atoms with Crippen molar-refractivity contribution >= 4 is 5.97 Å². The molecule has 0 amide bonds. The zero-order valence-corrected chi connectivity index (χ0v) is 9.79. The largest absolute Gasteiger partial charge is 0.481 e. The van der Waals surface area contributed by atoms with E-state index in [9.17, 15) is 13.6 Å². The Balaban J connectivity index is 3.28. The number of carbonyl (C=O) groups is 1. The van der Waals surface area contributed by atoms with Gasteiger partial charge < -0.3 is 9.47 Å². The van der Waals surface area contributed by atoms with E-state index in [0.29, 0.717) is 0 Å². The Kier molecular flexibility index (Phi) is 4.37. The number of aromatic nitrogens is 1. The Hall–Kier alpha value is -1.72. The summed E-state index contributed by atoms with van der Waals surface area (Å²) in [5.74, 6) is -0.693. The summed E-state index contributed by atoms with van der Waals surface area (Å²) >= 11 is 0. The lowest BCUT2D eigenvalue weighted by atomic mass is 10.1. The summed E-state index contributed by atoms with van der Waals surface area (Å²) < 4.78 is 35.0. The highest BCUT2D eigenvalue weighted by Crippen LogP contribution is 2.26. The number of ether oxygens (including phenoxy) is 2. The van der Waals surface area contributed by atoms with E-state index in [0.717, 1.165) is 0 Å². The molecule has 0 radical (unpaired) electrons. The number of carbonyl (C=O) groups excluding carboxylic acids is 1. The van der Waals surface area contributed by atoms with Crippen molar-refractivity contribution in [3.05, 3.63) is 22.9 Å². The number of pyridine rings is 1. The molecule has 0 aliphatic rings. The summed E-state index contributed by atoms with van der Waals surface area (Å²) in [4.78, 5) is 15.2. The van der Waals surface area contributed by atoms with Gasteiger partial charge in [-0.2, -0.15) is 0 Å². The molecule has 0 spiro atoms. The fraction of sp³-hybridized carbons (Fsp3) is 0.455. The van der Waals surface area contributed by atoms with Crippen molar-refractivity contribution in [2.75, 3.05) is 13.7 Å². The van der Waals surface area contributed by atoms with E-state index in [2.05, 4.69) is 4.98 Å². The predicted octanol–water partition coefficient (Wildman–Crippen LogP) is 2.51. The number of esters is 1. The van der Waals surface area contributed by atoms with Crippen LogP contribution in [0.25, 0.3) is 0 Å². The van der Waals surface area contributed by atoms with E-state index in [1.54, 1.807) is 6.92 Å². The normalized spacial score (nSPS) is 10.5. The van der Waals surface area contributed by atoms with Crippen LogP contribution < -0.4 is 4.74 Å². The maximum absolute atomic E-state index is 12.7. The van der Waals surface area contributed by atoms with Gasteiger partial charge in [-0.3, -0.25) is 0 Å². The van der Waals surface area contributed by atoms with Gasteiger partial charge in [-0.25, -0.2) is 18.6 Å². The number of hydrogen-bond donors (Lipinski definition) is 0. The average molecular weight is 245 g/mol. The minimum absolute atomic E-state index is 0.0334. The van der Waals surface area contributed by atoms with Gasteiger partial charge in [-0.15, -0.1) is 0 Å². The second-order valence-corrected chi connectivity index (χ2v) is 3.24. The van der Waals surface area contributed by atoms with Crippen LogP contribution in [0, 0.1) is 6.92 Å². The van der Waals surface area contributed by atoms with Gasteiger partial charge in [0.1, 0.15) is 5.69 Å². The van der Waals surface area contributed by atoms with Gasteiger partial charge in [-0.05, 0) is 19.4 Å². The van der Waals surface area contributed by atoms with Crippen LogP contribution in [0.3, 0.4) is 0 Å². The zero-order chi connectivity index (χ0) is 13.0. The Morgan fingerprint density at radius 1 is 1.53 bits per heavy atom. The first-order chi connectivity index (χ1) is 8.01. The molecule has 17 heavy (non-hydrogen) atoms. The topological polar surface area (TPSA) is 48.4 Å². The molecule has 0 aromatic carbocycles. The molecule has 0 saturated heterocycles. The van der Waals surface area contributed by atoms with Gasteiger partial charge in [0, 0.05) is 6.07 Å². The molecular formula is C11H13F2NO3. The van der Waals surface area contributed by atoms with Gasteiger partial charge in [-0.1, -0.05) is 0 Å². The summed E-state index contributed by atoms with van der Waals surface area (Å²) in [5.41, 5.74) is -0.305. The van der Waals surface area contributed by atoms with E-state index in [4.69, 9.17) is 9.47 Å². The van der Waals surface area contributed by atoms with Crippen molar-refractivity contribution in [2.45, 2.75) is 20.3 Å². The Labute approximate surface area is 97.6 Å². The quantitative estimate of drug-likeness (QED) is 0.765. The smallest absolute Gasteiger partial charge is 0.338 e. The second kappa shape index (κ2) is 5.56. The molecular weight excluding hydrogens is 232 g/mol. The predicted molar refractivity (Wildman–Crippen MR) is 56.4 cm³/mol. The standard InChI is InChI=1S/C11H13F2NO3/c1-4-17-11(15)7-5-8(16-3)14-9(6(7)2)10(12)13/h5,10H,4H2,1-3H3. The zero-order valence-electron chi connectivity index (χ0n) is 9.79. The van der Waals surface area contributed by atoms with Crippen LogP contribution in [0.15, 0.2) is 6.07 Å². The van der Waals surface area contributed by atoms with Crippen LogP contribution in [0.5, 0.6) is 5.88 Å². The lowest BCUT2D eigenvalue weighted by Gasteiger charge is -2.11. The summed E-state index contributed by atoms with van der Waals surface area (Å²) in [5, 5.41) is 0. The highest BCUT2D eigenvalue weighted by molar-refractivity contribution is 5.91. The first-order valence-electron chi connectivity index (χ1n) is 5.02. The summed E-state index contributed by atoms with van der Waals surface area (Å²) in [6.07, 6.45) is -2.77. The van der Waals surface area contributed by atoms with Crippen LogP contribution in [0.2, 0.25) is 0 Å². The van der Waals surface area contributed by atoms with Crippen molar-refractivity contribution in [3.8, 4) is 5.88 Å². The Morgan fingerprint density at radius 2 is 2.18 bits per heavy atom. The van der Waals surface area contributed by atoms with Crippen LogP contribution >= 0.6 is 0 Å². The average Bonchev–Trinajstić information content (AvgIpc) is 2.29. The molecule has 1 aromatic rings. The first-order valence-corrected chi connectivity index (χ1v) is 5.02. The number of halogens is 2. The first kappa shape index (κ1) is 13.3. The highest BCUT2D eigenvalue weighted by Gasteiger charge is 2.21. The van der Waals surface area contributed by atoms with Gasteiger partial charge in [0.05, 0.1) is 19.3 Å². The van der Waals surface area contributed by atoms with Gasteiger partial charge >= 0.3 is 5.97 Å². The molecule has 6 heteroatoms. The summed E-state index contributed by atoms with van der Waals surface area (Å²) in [6, 6.07) is 1.29. The fourth-order valence-corrected chi connectivity index (χ4v) is 1.34. The van der Waals surface area contributed by atoms with Gasteiger partial charge in [0.25, 0.3) is 6.43 Å². The SMILES string of the molecule is CCOC(=O)c1cc(OC)nc(C(F)F)c1C. The third-order valence-electron chi connectivity index (χ3n) is 2.20. The van der Waals surface area contributed by atoms with E-state index in [1.165, 1.54) is 20.1 Å². The molecule has 1 aromatic heterocycles. The molecule has 0 N–H and O–H groups in total. The molecule has 0 aliphatic carbocycles. The highest BCUT2D eigenvalue weighted by atomic mass is 19.3. The van der Waals surface area contributed by atoms with E-state index in [-0.39, 0.29) is 23.6 Å². The number of hydrogen-bond acceptors (Lipinski definition) is 4. The maximum atomic E-state index is 12.7. The number of nitrogens with zero attached hydrogens (tertiary/aromatic N) is 1. The van der Waals surface area contributed by atoms with E-state index < -0.39 is 18.1 Å². The third-order valence-corrected chi connectivity index (χ3v) is 2.20. The van der Waals surface area contributed by atoms with Crippen molar-refractivity contribution in [1.82, 2.24) is 4.98 Å². The molecule has 94 valence electrons. The van der Waals surface area contributed by atoms with Crippen LogP contribution in [-0.2, 0) is 4.74 Å². The Bertz CT molecular complexity index is 421. The van der Waals surface area contributed by atoms with Crippen molar-refractivity contribution < 1.29 is 23.0 Å². The molecule has 1 rings (SSSR count). The lowest BCUT2D eigenvalue weighted by Crippen LogP contribution is -2.10. The number of rotatable bonds is 4. The van der Waals surface area contributed by atoms with E-state index in [1.807, 2.05) is 0 Å². The molecule has 0 saturated carbocycles. The Morgan fingerprint density at radius 3 is 2.65 bits per heavy atom.